The van der Waals surface area contributed by atoms with Crippen molar-refractivity contribution < 1.29 is 0 Å². The van der Waals surface area contributed by atoms with Gasteiger partial charge in [-0.05, 0) is 40.9 Å². The van der Waals surface area contributed by atoms with Crippen LogP contribution in [0.4, 0.5) is 0 Å². The minimum Gasteiger partial charge on any atom is -0.314 e. The van der Waals surface area contributed by atoms with E-state index in [1.807, 2.05) is 12.3 Å². The second-order valence-corrected chi connectivity index (χ2v) is 5.48. The van der Waals surface area contributed by atoms with Crippen molar-refractivity contribution in [2.24, 2.45) is 0 Å². The van der Waals surface area contributed by atoms with Crippen LogP contribution in [0.2, 0.25) is 0 Å². The van der Waals surface area contributed by atoms with E-state index in [4.69, 9.17) is 0 Å². The maximum atomic E-state index is 4.56. The standard InChI is InChI=1S/C14H20BrN3/c1-2-3-4-14(18-9-7-16-8-10-18)13-6-5-12(15)11-17-13/h2,5-6,11,14,16H,1,3-4,7-10H2/t14-/m1/s1. The van der Waals surface area contributed by atoms with E-state index in [0.717, 1.165) is 43.5 Å². The minimum absolute atomic E-state index is 0.415. The molecular formula is C14H20BrN3. The van der Waals surface area contributed by atoms with Crippen LogP contribution in [-0.2, 0) is 0 Å². The summed E-state index contributed by atoms with van der Waals surface area (Å²) in [6.45, 7) is 8.16. The zero-order valence-corrected chi connectivity index (χ0v) is 12.2. The highest BCUT2D eigenvalue weighted by molar-refractivity contribution is 9.10. The van der Waals surface area contributed by atoms with Crippen LogP contribution in [0, 0.1) is 0 Å². The van der Waals surface area contributed by atoms with Crippen LogP contribution in [0.3, 0.4) is 0 Å². The lowest BCUT2D eigenvalue weighted by Gasteiger charge is -2.34. The summed E-state index contributed by atoms with van der Waals surface area (Å²) in [5.74, 6) is 0. The number of hydrogen-bond donors (Lipinski definition) is 1. The Kier molecular flexibility index (Phi) is 5.35. The third kappa shape index (κ3) is 3.64. The quantitative estimate of drug-likeness (QED) is 0.848. The Morgan fingerprint density at radius 2 is 2.22 bits per heavy atom. The van der Waals surface area contributed by atoms with Crippen LogP contribution < -0.4 is 5.32 Å². The van der Waals surface area contributed by atoms with Crippen LogP contribution in [0.5, 0.6) is 0 Å². The van der Waals surface area contributed by atoms with Crippen molar-refractivity contribution in [2.45, 2.75) is 18.9 Å². The van der Waals surface area contributed by atoms with Crippen LogP contribution >= 0.6 is 15.9 Å². The summed E-state index contributed by atoms with van der Waals surface area (Å²) < 4.78 is 1.04. The fourth-order valence-corrected chi connectivity index (χ4v) is 2.61. The van der Waals surface area contributed by atoms with Gasteiger partial charge in [-0.1, -0.05) is 6.08 Å². The van der Waals surface area contributed by atoms with Gasteiger partial charge in [0.05, 0.1) is 11.7 Å². The monoisotopic (exact) mass is 309 g/mol. The Bertz CT molecular complexity index is 371. The maximum absolute atomic E-state index is 4.56. The van der Waals surface area contributed by atoms with Gasteiger partial charge in [0.25, 0.3) is 0 Å². The van der Waals surface area contributed by atoms with Gasteiger partial charge in [-0.25, -0.2) is 0 Å². The fraction of sp³-hybridized carbons (Fsp3) is 0.500. The molecule has 0 aliphatic carbocycles. The van der Waals surface area contributed by atoms with Gasteiger partial charge in [0.2, 0.25) is 0 Å². The van der Waals surface area contributed by atoms with E-state index in [-0.39, 0.29) is 0 Å². The Morgan fingerprint density at radius 3 is 2.83 bits per heavy atom. The molecule has 1 N–H and O–H groups in total. The summed E-state index contributed by atoms with van der Waals surface area (Å²) in [5, 5.41) is 3.40. The van der Waals surface area contributed by atoms with Crippen molar-refractivity contribution in [3.05, 3.63) is 41.2 Å². The smallest absolute Gasteiger partial charge is 0.0576 e. The van der Waals surface area contributed by atoms with E-state index in [1.54, 1.807) is 0 Å². The zero-order valence-electron chi connectivity index (χ0n) is 10.6. The van der Waals surface area contributed by atoms with Gasteiger partial charge in [-0.15, -0.1) is 6.58 Å². The minimum atomic E-state index is 0.415. The molecule has 1 fully saturated rings. The molecule has 18 heavy (non-hydrogen) atoms. The van der Waals surface area contributed by atoms with E-state index in [9.17, 15) is 0 Å². The topological polar surface area (TPSA) is 28.2 Å². The molecule has 1 saturated heterocycles. The normalized spacial score (nSPS) is 18.5. The van der Waals surface area contributed by atoms with Crippen molar-refractivity contribution in [3.63, 3.8) is 0 Å². The molecule has 0 aromatic carbocycles. The molecule has 1 atom stereocenters. The third-order valence-corrected chi connectivity index (χ3v) is 3.80. The van der Waals surface area contributed by atoms with E-state index in [0.29, 0.717) is 6.04 Å². The Morgan fingerprint density at radius 1 is 1.44 bits per heavy atom. The van der Waals surface area contributed by atoms with Crippen LogP contribution in [0.25, 0.3) is 0 Å². The molecule has 98 valence electrons. The van der Waals surface area contributed by atoms with Crippen molar-refractivity contribution in [1.29, 1.82) is 0 Å². The lowest BCUT2D eigenvalue weighted by Crippen LogP contribution is -2.45. The van der Waals surface area contributed by atoms with Gasteiger partial charge in [0, 0.05) is 36.8 Å². The predicted octanol–water partition coefficient (Wildman–Crippen LogP) is 2.76. The highest BCUT2D eigenvalue weighted by Gasteiger charge is 2.22. The molecule has 0 saturated carbocycles. The van der Waals surface area contributed by atoms with E-state index in [2.05, 4.69) is 49.8 Å². The molecule has 4 heteroatoms. The maximum Gasteiger partial charge on any atom is 0.0576 e. The molecule has 1 aliphatic heterocycles. The van der Waals surface area contributed by atoms with Crippen molar-refractivity contribution in [2.75, 3.05) is 26.2 Å². The van der Waals surface area contributed by atoms with E-state index < -0.39 is 0 Å². The first kappa shape index (κ1) is 13.7. The van der Waals surface area contributed by atoms with Gasteiger partial charge in [0.1, 0.15) is 0 Å². The van der Waals surface area contributed by atoms with Gasteiger partial charge in [0.15, 0.2) is 0 Å². The van der Waals surface area contributed by atoms with Gasteiger partial charge in [-0.3, -0.25) is 9.88 Å². The number of aromatic nitrogens is 1. The number of rotatable bonds is 5. The summed E-state index contributed by atoms with van der Waals surface area (Å²) in [4.78, 5) is 7.09. The predicted molar refractivity (Wildman–Crippen MR) is 78.6 cm³/mol. The van der Waals surface area contributed by atoms with Gasteiger partial charge in [-0.2, -0.15) is 0 Å². The van der Waals surface area contributed by atoms with E-state index >= 15 is 0 Å². The summed E-state index contributed by atoms with van der Waals surface area (Å²) in [6, 6.07) is 4.61. The van der Waals surface area contributed by atoms with Crippen molar-refractivity contribution >= 4 is 15.9 Å². The Labute approximate surface area is 117 Å². The summed E-state index contributed by atoms with van der Waals surface area (Å²) in [5.41, 5.74) is 1.17. The lowest BCUT2D eigenvalue weighted by atomic mass is 10.0. The number of nitrogens with zero attached hydrogens (tertiary/aromatic N) is 2. The fourth-order valence-electron chi connectivity index (χ4n) is 2.37. The summed E-state index contributed by atoms with van der Waals surface area (Å²) >= 11 is 3.44. The van der Waals surface area contributed by atoms with Crippen molar-refractivity contribution in [1.82, 2.24) is 15.2 Å². The molecule has 1 aromatic rings. The molecule has 0 unspecified atom stereocenters. The number of pyridine rings is 1. The second kappa shape index (κ2) is 7.02. The summed E-state index contributed by atoms with van der Waals surface area (Å²) in [6.07, 6.45) is 6.01. The summed E-state index contributed by atoms with van der Waals surface area (Å²) in [7, 11) is 0. The molecule has 0 spiro atoms. The lowest BCUT2D eigenvalue weighted by molar-refractivity contribution is 0.163. The zero-order chi connectivity index (χ0) is 12.8. The molecule has 0 radical (unpaired) electrons. The number of allylic oxidation sites excluding steroid dienone is 1. The second-order valence-electron chi connectivity index (χ2n) is 4.57. The number of hydrogen-bond acceptors (Lipinski definition) is 3. The SMILES string of the molecule is C=CCC[C@H](c1ccc(Br)cn1)N1CCNCC1. The largest absolute Gasteiger partial charge is 0.314 e. The highest BCUT2D eigenvalue weighted by Crippen LogP contribution is 2.25. The van der Waals surface area contributed by atoms with E-state index in [1.165, 1.54) is 5.69 Å². The number of piperazine rings is 1. The molecule has 0 amide bonds. The first-order valence-electron chi connectivity index (χ1n) is 6.48. The first-order chi connectivity index (χ1) is 8.81. The Hall–Kier alpha value is -0.710. The average Bonchev–Trinajstić information content (AvgIpc) is 2.42. The average molecular weight is 310 g/mol. The highest BCUT2D eigenvalue weighted by atomic mass is 79.9. The van der Waals surface area contributed by atoms with Crippen molar-refractivity contribution in [3.8, 4) is 0 Å². The van der Waals surface area contributed by atoms with Gasteiger partial charge < -0.3 is 5.32 Å². The molecule has 1 aliphatic rings. The molecule has 1 aromatic heterocycles. The molecule has 0 bridgehead atoms. The molecule has 2 heterocycles. The molecule has 2 rings (SSSR count). The van der Waals surface area contributed by atoms with Crippen LogP contribution in [0.15, 0.2) is 35.5 Å². The molecular weight excluding hydrogens is 290 g/mol. The molecule has 3 nitrogen and oxygen atoms in total. The number of halogens is 1. The van der Waals surface area contributed by atoms with Crippen LogP contribution in [-0.4, -0.2) is 36.1 Å². The Balaban J connectivity index is 2.12. The first-order valence-corrected chi connectivity index (χ1v) is 7.27. The third-order valence-electron chi connectivity index (χ3n) is 3.33. The number of nitrogens with one attached hydrogen (secondary N) is 1. The van der Waals surface area contributed by atoms with Crippen LogP contribution in [0.1, 0.15) is 24.6 Å². The van der Waals surface area contributed by atoms with Gasteiger partial charge >= 0.3 is 0 Å².